The Hall–Kier alpha value is -2.95. The van der Waals surface area contributed by atoms with Crippen molar-refractivity contribution in [2.75, 3.05) is 0 Å². The maximum atomic E-state index is 12.9. The van der Waals surface area contributed by atoms with Gasteiger partial charge in [0, 0.05) is 5.56 Å². The zero-order chi connectivity index (χ0) is 16.1. The number of benzene rings is 2. The summed E-state index contributed by atoms with van der Waals surface area (Å²) in [5.74, 6) is 0.679. The van der Waals surface area contributed by atoms with Crippen LogP contribution in [0.5, 0.6) is 0 Å². The molecule has 0 saturated heterocycles. The molecule has 0 aliphatic heterocycles. The molecule has 1 heterocycles. The molecule has 0 fully saturated rings. The van der Waals surface area contributed by atoms with E-state index >= 15 is 0 Å². The molecule has 0 spiro atoms. The number of nitrogens with zero attached hydrogens (tertiary/aromatic N) is 2. The number of aryl methyl sites for hydroxylation is 1. The lowest BCUT2D eigenvalue weighted by Crippen LogP contribution is -1.88. The number of oxazole rings is 1. The van der Waals surface area contributed by atoms with Gasteiger partial charge in [0.1, 0.15) is 5.82 Å². The fourth-order valence-corrected chi connectivity index (χ4v) is 1.97. The van der Waals surface area contributed by atoms with Crippen molar-refractivity contribution in [2.24, 2.45) is 5.16 Å². The second-order valence-electron chi connectivity index (χ2n) is 5.04. The van der Waals surface area contributed by atoms with Gasteiger partial charge < -0.3 is 9.25 Å². The highest BCUT2D eigenvalue weighted by atomic mass is 19.1. The fourth-order valence-electron chi connectivity index (χ4n) is 1.97. The topological polar surface area (TPSA) is 47.6 Å². The largest absolute Gasteiger partial charge is 0.437 e. The molecule has 5 heteroatoms. The molecule has 0 aliphatic carbocycles. The number of rotatable bonds is 5. The number of hydrogen-bond donors (Lipinski definition) is 0. The van der Waals surface area contributed by atoms with Crippen LogP contribution in [0.15, 0.2) is 64.3 Å². The monoisotopic (exact) mass is 310 g/mol. The molecule has 116 valence electrons. The zero-order valence-electron chi connectivity index (χ0n) is 12.6. The standard InChI is InChI=1S/C18H15FN2O2/c1-13-2-4-14(5-3-13)10-21-22-12-18-20-11-17(23-18)15-6-8-16(19)9-7-15/h2-11H,12H2,1H3/b21-10-. The van der Waals surface area contributed by atoms with Crippen molar-refractivity contribution < 1.29 is 13.6 Å². The third-order valence-electron chi connectivity index (χ3n) is 3.22. The van der Waals surface area contributed by atoms with Gasteiger partial charge in [-0.2, -0.15) is 0 Å². The molecule has 0 amide bonds. The lowest BCUT2D eigenvalue weighted by Gasteiger charge is -1.97. The molecular weight excluding hydrogens is 295 g/mol. The first kappa shape index (κ1) is 15.0. The summed E-state index contributed by atoms with van der Waals surface area (Å²) in [4.78, 5) is 9.29. The summed E-state index contributed by atoms with van der Waals surface area (Å²) in [6, 6.07) is 13.9. The van der Waals surface area contributed by atoms with E-state index in [4.69, 9.17) is 9.25 Å². The van der Waals surface area contributed by atoms with Gasteiger partial charge in [0.15, 0.2) is 12.4 Å². The average molecular weight is 310 g/mol. The Bertz CT molecular complexity index is 793. The van der Waals surface area contributed by atoms with E-state index in [-0.39, 0.29) is 12.4 Å². The molecule has 0 aliphatic rings. The number of hydrogen-bond acceptors (Lipinski definition) is 4. The maximum absolute atomic E-state index is 12.9. The van der Waals surface area contributed by atoms with Crippen molar-refractivity contribution >= 4 is 6.21 Å². The van der Waals surface area contributed by atoms with Gasteiger partial charge in [-0.15, -0.1) is 0 Å². The van der Waals surface area contributed by atoms with E-state index in [0.29, 0.717) is 11.7 Å². The molecular formula is C18H15FN2O2. The molecule has 0 unspecified atom stereocenters. The van der Waals surface area contributed by atoms with Crippen LogP contribution in [0.3, 0.4) is 0 Å². The Morgan fingerprint density at radius 2 is 1.87 bits per heavy atom. The minimum atomic E-state index is -0.290. The van der Waals surface area contributed by atoms with Crippen LogP contribution in [-0.4, -0.2) is 11.2 Å². The third kappa shape index (κ3) is 4.03. The molecule has 0 atom stereocenters. The second kappa shape index (κ2) is 6.87. The van der Waals surface area contributed by atoms with Crippen molar-refractivity contribution in [3.05, 3.63) is 77.6 Å². The van der Waals surface area contributed by atoms with Crippen molar-refractivity contribution in [1.29, 1.82) is 0 Å². The van der Waals surface area contributed by atoms with E-state index in [1.165, 1.54) is 17.7 Å². The molecule has 3 aromatic rings. The molecule has 0 radical (unpaired) electrons. The van der Waals surface area contributed by atoms with Crippen molar-refractivity contribution in [2.45, 2.75) is 13.5 Å². The first-order valence-electron chi connectivity index (χ1n) is 7.13. The smallest absolute Gasteiger partial charge is 0.235 e. The van der Waals surface area contributed by atoms with Gasteiger partial charge in [-0.1, -0.05) is 35.0 Å². The molecule has 0 N–H and O–H groups in total. The molecule has 1 aromatic heterocycles. The minimum Gasteiger partial charge on any atom is -0.437 e. The summed E-state index contributed by atoms with van der Waals surface area (Å²) in [6.07, 6.45) is 3.21. The van der Waals surface area contributed by atoms with Gasteiger partial charge in [0.25, 0.3) is 0 Å². The number of oxime groups is 1. The normalized spacial score (nSPS) is 11.0. The molecule has 23 heavy (non-hydrogen) atoms. The van der Waals surface area contributed by atoms with Crippen LogP contribution in [0.1, 0.15) is 17.0 Å². The van der Waals surface area contributed by atoms with E-state index in [2.05, 4.69) is 10.1 Å². The Morgan fingerprint density at radius 1 is 1.13 bits per heavy atom. The van der Waals surface area contributed by atoms with Gasteiger partial charge in [0.05, 0.1) is 12.4 Å². The van der Waals surface area contributed by atoms with Crippen LogP contribution in [0, 0.1) is 12.7 Å². The van der Waals surface area contributed by atoms with E-state index in [0.717, 1.165) is 11.1 Å². The average Bonchev–Trinajstić information content (AvgIpc) is 3.03. The summed E-state index contributed by atoms with van der Waals surface area (Å²) < 4.78 is 18.4. The van der Waals surface area contributed by atoms with Crippen LogP contribution in [0.2, 0.25) is 0 Å². The van der Waals surface area contributed by atoms with Crippen LogP contribution < -0.4 is 0 Å². The highest BCUT2D eigenvalue weighted by Crippen LogP contribution is 2.20. The van der Waals surface area contributed by atoms with Crippen LogP contribution >= 0.6 is 0 Å². The van der Waals surface area contributed by atoms with Crippen LogP contribution in [-0.2, 0) is 11.4 Å². The lowest BCUT2D eigenvalue weighted by atomic mass is 10.2. The molecule has 0 bridgehead atoms. The second-order valence-corrected chi connectivity index (χ2v) is 5.04. The van der Waals surface area contributed by atoms with Crippen molar-refractivity contribution in [3.8, 4) is 11.3 Å². The first-order valence-corrected chi connectivity index (χ1v) is 7.13. The first-order chi connectivity index (χ1) is 11.2. The molecule has 4 nitrogen and oxygen atoms in total. The summed E-state index contributed by atoms with van der Waals surface area (Å²) in [5, 5.41) is 3.89. The number of halogens is 1. The van der Waals surface area contributed by atoms with E-state index in [1.54, 1.807) is 24.5 Å². The van der Waals surface area contributed by atoms with Gasteiger partial charge in [0.2, 0.25) is 5.89 Å². The summed E-state index contributed by atoms with van der Waals surface area (Å²) in [7, 11) is 0. The molecule has 2 aromatic carbocycles. The summed E-state index contributed by atoms with van der Waals surface area (Å²) in [6.45, 7) is 2.16. The quantitative estimate of drug-likeness (QED) is 0.520. The fraction of sp³-hybridized carbons (Fsp3) is 0.111. The van der Waals surface area contributed by atoms with E-state index < -0.39 is 0 Å². The predicted molar refractivity (Wildman–Crippen MR) is 85.5 cm³/mol. The van der Waals surface area contributed by atoms with E-state index in [9.17, 15) is 4.39 Å². The van der Waals surface area contributed by atoms with Gasteiger partial charge >= 0.3 is 0 Å². The van der Waals surface area contributed by atoms with Gasteiger partial charge in [-0.05, 0) is 36.8 Å². The molecule has 3 rings (SSSR count). The van der Waals surface area contributed by atoms with Gasteiger partial charge in [-0.3, -0.25) is 0 Å². The van der Waals surface area contributed by atoms with Crippen LogP contribution in [0.25, 0.3) is 11.3 Å². The van der Waals surface area contributed by atoms with Gasteiger partial charge in [-0.25, -0.2) is 9.37 Å². The highest BCUT2D eigenvalue weighted by Gasteiger charge is 2.06. The predicted octanol–water partition coefficient (Wildman–Crippen LogP) is 4.34. The summed E-state index contributed by atoms with van der Waals surface area (Å²) in [5.41, 5.74) is 2.90. The SMILES string of the molecule is Cc1ccc(/C=N\OCc2ncc(-c3ccc(F)cc3)o2)cc1. The van der Waals surface area contributed by atoms with E-state index in [1.807, 2.05) is 31.2 Å². The Kier molecular flexibility index (Phi) is 4.47. The Morgan fingerprint density at radius 3 is 2.61 bits per heavy atom. The lowest BCUT2D eigenvalue weighted by molar-refractivity contribution is 0.113. The Labute approximate surface area is 133 Å². The van der Waals surface area contributed by atoms with Crippen molar-refractivity contribution in [1.82, 2.24) is 4.98 Å². The van der Waals surface area contributed by atoms with Crippen molar-refractivity contribution in [3.63, 3.8) is 0 Å². The Balaban J connectivity index is 1.57. The number of aromatic nitrogens is 1. The minimum absolute atomic E-state index is 0.129. The zero-order valence-corrected chi connectivity index (χ0v) is 12.6. The molecule has 0 saturated carbocycles. The third-order valence-corrected chi connectivity index (χ3v) is 3.22. The van der Waals surface area contributed by atoms with Crippen LogP contribution in [0.4, 0.5) is 4.39 Å². The maximum Gasteiger partial charge on any atom is 0.235 e. The highest BCUT2D eigenvalue weighted by molar-refractivity contribution is 5.79. The summed E-state index contributed by atoms with van der Waals surface area (Å²) >= 11 is 0.